The predicted octanol–water partition coefficient (Wildman–Crippen LogP) is 3.92. The van der Waals surface area contributed by atoms with Gasteiger partial charge in [-0.25, -0.2) is 0 Å². The molecule has 0 aliphatic carbocycles. The summed E-state index contributed by atoms with van der Waals surface area (Å²) in [7, 11) is 0. The topological polar surface area (TPSA) is 12.0 Å². The molecule has 0 amide bonds. The highest BCUT2D eigenvalue weighted by Gasteiger charge is 1.88. The van der Waals surface area contributed by atoms with Crippen molar-refractivity contribution in [3.05, 3.63) is 47.5 Å². The third-order valence-electron chi connectivity index (χ3n) is 2.67. The number of allylic oxidation sites excluding steroid dienone is 1. The highest BCUT2D eigenvalue weighted by Crippen LogP contribution is 1.97. The van der Waals surface area contributed by atoms with E-state index < -0.39 is 0 Å². The van der Waals surface area contributed by atoms with E-state index in [0.717, 1.165) is 25.1 Å². The number of benzene rings is 1. The lowest BCUT2D eigenvalue weighted by Crippen LogP contribution is -2.12. The molecule has 0 aliphatic rings. The van der Waals surface area contributed by atoms with Crippen LogP contribution in [0.15, 0.2) is 42.0 Å². The van der Waals surface area contributed by atoms with Crippen molar-refractivity contribution in [2.24, 2.45) is 0 Å². The molecule has 0 heterocycles. The van der Waals surface area contributed by atoms with Crippen molar-refractivity contribution in [2.75, 3.05) is 6.54 Å². The number of hydrogen-bond acceptors (Lipinski definition) is 1. The van der Waals surface area contributed by atoms with E-state index in [-0.39, 0.29) is 0 Å². The van der Waals surface area contributed by atoms with Gasteiger partial charge in [-0.2, -0.15) is 0 Å². The molecule has 0 aliphatic heterocycles. The lowest BCUT2D eigenvalue weighted by atomic mass is 10.2. The minimum absolute atomic E-state index is 0.878. The van der Waals surface area contributed by atoms with Crippen molar-refractivity contribution in [2.45, 2.75) is 39.7 Å². The molecule has 0 atom stereocenters. The van der Waals surface area contributed by atoms with Crippen LogP contribution < -0.4 is 5.32 Å². The van der Waals surface area contributed by atoms with E-state index >= 15 is 0 Å². The summed E-state index contributed by atoms with van der Waals surface area (Å²) in [5.74, 6) is 6.39. The third kappa shape index (κ3) is 6.93. The van der Waals surface area contributed by atoms with Crippen molar-refractivity contribution in [1.29, 1.82) is 0 Å². The third-order valence-corrected chi connectivity index (χ3v) is 2.67. The molecule has 0 spiro atoms. The highest BCUT2D eigenvalue weighted by molar-refractivity contribution is 5.26. The first kappa shape index (κ1) is 14.5. The molecule has 0 aromatic heterocycles. The molecule has 0 radical (unpaired) electrons. The van der Waals surface area contributed by atoms with E-state index in [2.05, 4.69) is 61.3 Å². The zero-order chi connectivity index (χ0) is 13.1. The largest absolute Gasteiger partial charge is 0.309 e. The lowest BCUT2D eigenvalue weighted by Gasteiger charge is -2.01. The van der Waals surface area contributed by atoms with Crippen molar-refractivity contribution in [3.63, 3.8) is 0 Å². The SMILES string of the molecule is CCCCC#C/C(C)=C\CNCc1ccccc1. The standard InChI is InChI=1S/C17H23N/c1-3-4-5-7-10-16(2)13-14-18-15-17-11-8-6-9-12-17/h6,8-9,11-13,18H,3-5,14-15H2,1-2H3/b16-13-. The van der Waals surface area contributed by atoms with Crippen LogP contribution in [0.3, 0.4) is 0 Å². The van der Waals surface area contributed by atoms with Gasteiger partial charge in [0, 0.05) is 19.5 Å². The van der Waals surface area contributed by atoms with Crippen LogP contribution in [0.25, 0.3) is 0 Å². The Labute approximate surface area is 111 Å². The average Bonchev–Trinajstić information content (AvgIpc) is 2.41. The predicted molar refractivity (Wildman–Crippen MR) is 79.2 cm³/mol. The van der Waals surface area contributed by atoms with Gasteiger partial charge in [-0.15, -0.1) is 0 Å². The van der Waals surface area contributed by atoms with E-state index in [1.54, 1.807) is 0 Å². The van der Waals surface area contributed by atoms with Gasteiger partial charge in [-0.1, -0.05) is 61.6 Å². The minimum atomic E-state index is 0.878. The van der Waals surface area contributed by atoms with Crippen molar-refractivity contribution < 1.29 is 0 Å². The Balaban J connectivity index is 2.21. The van der Waals surface area contributed by atoms with E-state index in [0.29, 0.717) is 0 Å². The summed E-state index contributed by atoms with van der Waals surface area (Å²) in [6.07, 6.45) is 5.59. The number of rotatable bonds is 6. The molecule has 18 heavy (non-hydrogen) atoms. The van der Waals surface area contributed by atoms with Gasteiger partial charge in [0.2, 0.25) is 0 Å². The summed E-state index contributed by atoms with van der Waals surface area (Å²) in [6.45, 7) is 6.05. The summed E-state index contributed by atoms with van der Waals surface area (Å²) in [6, 6.07) is 10.4. The van der Waals surface area contributed by atoms with Crippen molar-refractivity contribution in [3.8, 4) is 11.8 Å². The smallest absolute Gasteiger partial charge is 0.0208 e. The van der Waals surface area contributed by atoms with Gasteiger partial charge in [0.05, 0.1) is 0 Å². The minimum Gasteiger partial charge on any atom is -0.309 e. The fraction of sp³-hybridized carbons (Fsp3) is 0.412. The van der Waals surface area contributed by atoms with Crippen LogP contribution >= 0.6 is 0 Å². The fourth-order valence-corrected chi connectivity index (χ4v) is 1.56. The maximum Gasteiger partial charge on any atom is 0.0208 e. The molecule has 1 nitrogen and oxygen atoms in total. The summed E-state index contributed by atoms with van der Waals surface area (Å²) < 4.78 is 0. The molecule has 0 bridgehead atoms. The van der Waals surface area contributed by atoms with Gasteiger partial charge in [0.25, 0.3) is 0 Å². The summed E-state index contributed by atoms with van der Waals surface area (Å²) in [5.41, 5.74) is 2.48. The number of hydrogen-bond donors (Lipinski definition) is 1. The first-order chi connectivity index (χ1) is 8.83. The molecular formula is C17H23N. The normalized spacial score (nSPS) is 10.9. The van der Waals surface area contributed by atoms with Gasteiger partial charge >= 0.3 is 0 Å². The quantitative estimate of drug-likeness (QED) is 0.588. The molecule has 1 rings (SSSR count). The van der Waals surface area contributed by atoms with Gasteiger partial charge in [0.1, 0.15) is 0 Å². The molecule has 0 saturated carbocycles. The van der Waals surface area contributed by atoms with E-state index in [9.17, 15) is 0 Å². The average molecular weight is 241 g/mol. The van der Waals surface area contributed by atoms with Crippen LogP contribution in [0.2, 0.25) is 0 Å². The van der Waals surface area contributed by atoms with E-state index in [1.807, 2.05) is 6.07 Å². The Bertz CT molecular complexity index is 406. The maximum atomic E-state index is 3.39. The molecular weight excluding hydrogens is 218 g/mol. The first-order valence-corrected chi connectivity index (χ1v) is 6.73. The van der Waals surface area contributed by atoms with Crippen LogP contribution in [-0.4, -0.2) is 6.54 Å². The van der Waals surface area contributed by atoms with Crippen LogP contribution in [0.4, 0.5) is 0 Å². The van der Waals surface area contributed by atoms with Crippen LogP contribution in [0.1, 0.15) is 38.7 Å². The second kappa shape index (κ2) is 9.50. The molecule has 0 unspecified atom stereocenters. The zero-order valence-electron chi connectivity index (χ0n) is 11.5. The zero-order valence-corrected chi connectivity index (χ0v) is 11.5. The van der Waals surface area contributed by atoms with Crippen LogP contribution in [0.5, 0.6) is 0 Å². The second-order valence-electron chi connectivity index (χ2n) is 4.41. The Hall–Kier alpha value is -1.52. The van der Waals surface area contributed by atoms with Gasteiger partial charge in [-0.3, -0.25) is 0 Å². The molecule has 0 saturated heterocycles. The lowest BCUT2D eigenvalue weighted by molar-refractivity contribution is 0.758. The molecule has 1 N–H and O–H groups in total. The molecule has 1 heteroatoms. The van der Waals surface area contributed by atoms with E-state index in [4.69, 9.17) is 0 Å². The summed E-state index contributed by atoms with van der Waals surface area (Å²) in [5, 5.41) is 3.39. The molecule has 1 aromatic rings. The van der Waals surface area contributed by atoms with Crippen LogP contribution in [-0.2, 0) is 6.54 Å². The number of nitrogens with one attached hydrogen (secondary N) is 1. The highest BCUT2D eigenvalue weighted by atomic mass is 14.8. The monoisotopic (exact) mass is 241 g/mol. The fourth-order valence-electron chi connectivity index (χ4n) is 1.56. The van der Waals surface area contributed by atoms with Crippen molar-refractivity contribution >= 4 is 0 Å². The van der Waals surface area contributed by atoms with Crippen LogP contribution in [0, 0.1) is 11.8 Å². The Morgan fingerprint density at radius 2 is 2.06 bits per heavy atom. The Kier molecular flexibility index (Phi) is 7.68. The number of unbranched alkanes of at least 4 members (excludes halogenated alkanes) is 2. The summed E-state index contributed by atoms with van der Waals surface area (Å²) in [4.78, 5) is 0. The Morgan fingerprint density at radius 3 is 2.78 bits per heavy atom. The first-order valence-electron chi connectivity index (χ1n) is 6.73. The Morgan fingerprint density at radius 1 is 1.28 bits per heavy atom. The van der Waals surface area contributed by atoms with Gasteiger partial charge in [-0.05, 0) is 24.5 Å². The van der Waals surface area contributed by atoms with Crippen molar-refractivity contribution in [1.82, 2.24) is 5.32 Å². The molecule has 96 valence electrons. The molecule has 1 aromatic carbocycles. The van der Waals surface area contributed by atoms with Gasteiger partial charge < -0.3 is 5.32 Å². The summed E-state index contributed by atoms with van der Waals surface area (Å²) >= 11 is 0. The van der Waals surface area contributed by atoms with Gasteiger partial charge in [0.15, 0.2) is 0 Å². The molecule has 0 fully saturated rings. The maximum absolute atomic E-state index is 3.39. The second-order valence-corrected chi connectivity index (χ2v) is 4.41. The van der Waals surface area contributed by atoms with E-state index in [1.165, 1.54) is 18.4 Å².